The standard InChI is InChI=1S/C14H16N3OP/c1-11-6-8-13(9-7-11)16-19(18)15-10-12-4-2-3-5-14(12)17-19/h2-9H,10H2,1H3,(H3,15,16,17,18). The van der Waals surface area contributed by atoms with Gasteiger partial charge in [0.1, 0.15) is 0 Å². The van der Waals surface area contributed by atoms with Crippen LogP contribution in [0.15, 0.2) is 48.5 Å². The van der Waals surface area contributed by atoms with Gasteiger partial charge < -0.3 is 4.89 Å². The van der Waals surface area contributed by atoms with Crippen LogP contribution in [-0.4, -0.2) is 0 Å². The van der Waals surface area contributed by atoms with Crippen molar-refractivity contribution in [3.05, 3.63) is 59.7 Å². The van der Waals surface area contributed by atoms with Crippen molar-refractivity contribution < 1.29 is 4.89 Å². The molecule has 1 heterocycles. The largest absolute Gasteiger partial charge is 0.628 e. The van der Waals surface area contributed by atoms with Crippen LogP contribution in [0.25, 0.3) is 0 Å². The summed E-state index contributed by atoms with van der Waals surface area (Å²) in [6, 6.07) is 15.7. The molecule has 0 saturated heterocycles. The SMILES string of the molecule is Cc1ccc(N[P+]2([O-])NCc3ccccc3N2)cc1. The molecule has 1 unspecified atom stereocenters. The number of hydrogen-bond acceptors (Lipinski definition) is 4. The van der Waals surface area contributed by atoms with Gasteiger partial charge in [-0.3, -0.25) is 0 Å². The van der Waals surface area contributed by atoms with E-state index in [9.17, 15) is 4.89 Å². The van der Waals surface area contributed by atoms with Gasteiger partial charge in [0.05, 0.1) is 17.9 Å². The molecule has 0 radical (unpaired) electrons. The lowest BCUT2D eigenvalue weighted by molar-refractivity contribution is -0.170. The molecule has 0 aliphatic carbocycles. The van der Waals surface area contributed by atoms with E-state index in [1.165, 1.54) is 5.56 Å². The number of anilines is 2. The number of hydrogen-bond donors (Lipinski definition) is 3. The molecule has 2 aromatic rings. The van der Waals surface area contributed by atoms with Crippen molar-refractivity contribution in [3.8, 4) is 0 Å². The monoisotopic (exact) mass is 273 g/mol. The molecule has 98 valence electrons. The summed E-state index contributed by atoms with van der Waals surface area (Å²) in [5.74, 6) is 0. The van der Waals surface area contributed by atoms with Crippen LogP contribution < -0.4 is 20.2 Å². The van der Waals surface area contributed by atoms with Gasteiger partial charge in [-0.2, -0.15) is 5.09 Å². The third-order valence-electron chi connectivity index (χ3n) is 3.13. The van der Waals surface area contributed by atoms with Crippen LogP contribution in [0, 0.1) is 6.92 Å². The molecule has 4 nitrogen and oxygen atoms in total. The molecule has 3 N–H and O–H groups in total. The summed E-state index contributed by atoms with van der Waals surface area (Å²) < 4.78 is 0. The lowest BCUT2D eigenvalue weighted by Crippen LogP contribution is -2.39. The molecule has 5 heteroatoms. The van der Waals surface area contributed by atoms with E-state index < -0.39 is 7.94 Å². The highest BCUT2D eigenvalue weighted by molar-refractivity contribution is 7.70. The number of aryl methyl sites for hydroxylation is 1. The Morgan fingerprint density at radius 2 is 1.84 bits per heavy atom. The maximum atomic E-state index is 12.7. The highest BCUT2D eigenvalue weighted by Crippen LogP contribution is 2.48. The number of para-hydroxylation sites is 1. The molecule has 0 aromatic heterocycles. The summed E-state index contributed by atoms with van der Waals surface area (Å²) in [6.45, 7) is 2.62. The highest BCUT2D eigenvalue weighted by Gasteiger charge is 2.31. The molecule has 0 amide bonds. The van der Waals surface area contributed by atoms with Gasteiger partial charge in [0.15, 0.2) is 0 Å². The van der Waals surface area contributed by atoms with E-state index in [1.54, 1.807) is 0 Å². The molecule has 1 atom stereocenters. The Labute approximate surface area is 113 Å². The minimum Gasteiger partial charge on any atom is -0.628 e. The van der Waals surface area contributed by atoms with E-state index in [4.69, 9.17) is 0 Å². The first-order valence-corrected chi connectivity index (χ1v) is 7.92. The van der Waals surface area contributed by atoms with Crippen LogP contribution in [0.4, 0.5) is 11.4 Å². The van der Waals surface area contributed by atoms with E-state index in [-0.39, 0.29) is 0 Å². The number of nitrogens with one attached hydrogen (secondary N) is 3. The zero-order chi connectivity index (χ0) is 13.3. The average molecular weight is 273 g/mol. The van der Waals surface area contributed by atoms with Gasteiger partial charge in [0, 0.05) is 0 Å². The molecule has 1 aliphatic rings. The van der Waals surface area contributed by atoms with Gasteiger partial charge in [-0.25, -0.2) is 10.2 Å². The molecule has 0 fully saturated rings. The van der Waals surface area contributed by atoms with Crippen LogP contribution in [-0.2, 0) is 6.54 Å². The minimum absolute atomic E-state index is 0.597. The van der Waals surface area contributed by atoms with E-state index >= 15 is 0 Å². The van der Waals surface area contributed by atoms with Crippen molar-refractivity contribution in [2.75, 3.05) is 10.2 Å². The first-order chi connectivity index (χ1) is 9.15. The maximum absolute atomic E-state index is 12.7. The minimum atomic E-state index is -2.83. The van der Waals surface area contributed by atoms with Gasteiger partial charge in [-0.05, 0) is 30.7 Å². The van der Waals surface area contributed by atoms with E-state index in [0.29, 0.717) is 6.54 Å². The second kappa shape index (κ2) is 4.82. The molecule has 0 saturated carbocycles. The Morgan fingerprint density at radius 3 is 2.63 bits per heavy atom. The lowest BCUT2D eigenvalue weighted by atomic mass is 10.2. The first kappa shape index (κ1) is 12.4. The summed E-state index contributed by atoms with van der Waals surface area (Å²) in [5.41, 5.74) is 4.07. The zero-order valence-electron chi connectivity index (χ0n) is 10.7. The van der Waals surface area contributed by atoms with Gasteiger partial charge in [0.2, 0.25) is 7.94 Å². The van der Waals surface area contributed by atoms with Crippen molar-refractivity contribution in [2.45, 2.75) is 13.5 Å². The zero-order valence-corrected chi connectivity index (χ0v) is 11.6. The summed E-state index contributed by atoms with van der Waals surface area (Å²) in [7, 11) is -2.83. The van der Waals surface area contributed by atoms with Crippen molar-refractivity contribution in [1.82, 2.24) is 5.09 Å². The summed E-state index contributed by atoms with van der Waals surface area (Å²) in [5, 5.41) is 9.18. The fraction of sp³-hybridized carbons (Fsp3) is 0.143. The number of fused-ring (bicyclic) bond motifs is 1. The predicted octanol–water partition coefficient (Wildman–Crippen LogP) is 2.66. The highest BCUT2D eigenvalue weighted by atomic mass is 31.2. The fourth-order valence-corrected chi connectivity index (χ4v) is 3.74. The molecule has 3 rings (SSSR count). The summed E-state index contributed by atoms with van der Waals surface area (Å²) in [6.07, 6.45) is 0. The second-order valence-electron chi connectivity index (χ2n) is 4.69. The van der Waals surface area contributed by atoms with Crippen LogP contribution in [0.5, 0.6) is 0 Å². The number of benzene rings is 2. The fourth-order valence-electron chi connectivity index (χ4n) is 2.07. The Morgan fingerprint density at radius 1 is 1.11 bits per heavy atom. The summed E-state index contributed by atoms with van der Waals surface area (Å²) >= 11 is 0. The Kier molecular flexibility index (Phi) is 3.15. The van der Waals surface area contributed by atoms with Gasteiger partial charge >= 0.3 is 0 Å². The molecular weight excluding hydrogens is 257 g/mol. The molecule has 2 aromatic carbocycles. The predicted molar refractivity (Wildman–Crippen MR) is 78.6 cm³/mol. The molecular formula is C14H16N3OP. The van der Waals surface area contributed by atoms with Crippen molar-refractivity contribution in [1.29, 1.82) is 0 Å². The summed E-state index contributed by atoms with van der Waals surface area (Å²) in [4.78, 5) is 12.7. The second-order valence-corrected chi connectivity index (χ2v) is 6.67. The average Bonchev–Trinajstić information content (AvgIpc) is 2.41. The quantitative estimate of drug-likeness (QED) is 0.736. The Balaban J connectivity index is 1.80. The Hall–Kier alpha value is -1.61. The van der Waals surface area contributed by atoms with Gasteiger partial charge in [-0.1, -0.05) is 35.9 Å². The third kappa shape index (κ3) is 2.71. The molecule has 19 heavy (non-hydrogen) atoms. The lowest BCUT2D eigenvalue weighted by Gasteiger charge is -2.36. The smallest absolute Gasteiger partial charge is 0.226 e. The molecule has 0 bridgehead atoms. The van der Waals surface area contributed by atoms with E-state index in [0.717, 1.165) is 16.9 Å². The normalized spacial score (nSPS) is 21.4. The van der Waals surface area contributed by atoms with Crippen LogP contribution in [0.1, 0.15) is 11.1 Å². The van der Waals surface area contributed by atoms with Crippen molar-refractivity contribution in [2.24, 2.45) is 0 Å². The Bertz CT molecular complexity index is 587. The van der Waals surface area contributed by atoms with Crippen LogP contribution >= 0.6 is 7.94 Å². The van der Waals surface area contributed by atoms with E-state index in [1.807, 2.05) is 55.5 Å². The third-order valence-corrected chi connectivity index (χ3v) is 4.86. The molecule has 1 aliphatic heterocycles. The van der Waals surface area contributed by atoms with Gasteiger partial charge in [0.25, 0.3) is 0 Å². The van der Waals surface area contributed by atoms with Crippen molar-refractivity contribution >= 4 is 19.3 Å². The van der Waals surface area contributed by atoms with Crippen LogP contribution in [0.2, 0.25) is 0 Å². The topological polar surface area (TPSA) is 59.1 Å². The van der Waals surface area contributed by atoms with Crippen LogP contribution in [0.3, 0.4) is 0 Å². The first-order valence-electron chi connectivity index (χ1n) is 6.21. The van der Waals surface area contributed by atoms with Gasteiger partial charge in [-0.15, -0.1) is 0 Å². The van der Waals surface area contributed by atoms with E-state index in [2.05, 4.69) is 15.3 Å². The number of rotatable bonds is 2. The molecule has 0 spiro atoms. The van der Waals surface area contributed by atoms with Crippen molar-refractivity contribution in [3.63, 3.8) is 0 Å². The maximum Gasteiger partial charge on any atom is 0.226 e.